The van der Waals surface area contributed by atoms with Crippen LogP contribution in [0.4, 0.5) is 0 Å². The molecule has 12 aromatic rings. The van der Waals surface area contributed by atoms with Gasteiger partial charge in [0.15, 0.2) is 0 Å². The van der Waals surface area contributed by atoms with Crippen molar-refractivity contribution in [1.82, 2.24) is 19.1 Å². The van der Waals surface area contributed by atoms with Crippen molar-refractivity contribution >= 4 is 65.6 Å². The molecule has 57 heavy (non-hydrogen) atoms. The van der Waals surface area contributed by atoms with Crippen LogP contribution in [-0.2, 0) is 0 Å². The van der Waals surface area contributed by atoms with Crippen LogP contribution in [0.25, 0.3) is 111 Å². The molecular formula is C52H32N4O. The van der Waals surface area contributed by atoms with Crippen molar-refractivity contribution < 1.29 is 4.42 Å². The Hall–Kier alpha value is -7.76. The van der Waals surface area contributed by atoms with E-state index in [0.29, 0.717) is 5.95 Å². The van der Waals surface area contributed by atoms with E-state index in [0.717, 1.165) is 83.2 Å². The van der Waals surface area contributed by atoms with Gasteiger partial charge in [-0.3, -0.25) is 4.57 Å². The van der Waals surface area contributed by atoms with Crippen molar-refractivity contribution in [3.63, 3.8) is 0 Å². The molecule has 4 heterocycles. The summed E-state index contributed by atoms with van der Waals surface area (Å²) in [7, 11) is 0. The summed E-state index contributed by atoms with van der Waals surface area (Å²) in [5.74, 6) is 0.595. The minimum absolute atomic E-state index is 0.595. The van der Waals surface area contributed by atoms with E-state index in [-0.39, 0.29) is 0 Å². The highest BCUT2D eigenvalue weighted by molar-refractivity contribution is 6.28. The van der Waals surface area contributed by atoms with Crippen LogP contribution in [0.2, 0.25) is 0 Å². The fraction of sp³-hybridized carbons (Fsp3) is 0. The number of hydrogen-bond acceptors (Lipinski definition) is 3. The summed E-state index contributed by atoms with van der Waals surface area (Å²) in [6.45, 7) is 0. The molecule has 0 radical (unpaired) electrons. The fourth-order valence-electron chi connectivity index (χ4n) is 8.85. The average Bonchev–Trinajstić information content (AvgIpc) is 3.95. The predicted octanol–water partition coefficient (Wildman–Crippen LogP) is 13.6. The Morgan fingerprint density at radius 1 is 0.368 bits per heavy atom. The Labute approximate surface area is 327 Å². The number of furan rings is 1. The van der Waals surface area contributed by atoms with E-state index < -0.39 is 0 Å². The molecule has 4 aromatic heterocycles. The van der Waals surface area contributed by atoms with Gasteiger partial charge in [0.05, 0.1) is 33.5 Å². The molecule has 0 N–H and O–H groups in total. The molecule has 0 aliphatic heterocycles. The van der Waals surface area contributed by atoms with Gasteiger partial charge in [-0.15, -0.1) is 0 Å². The summed E-state index contributed by atoms with van der Waals surface area (Å²) in [6.07, 6.45) is 0. The maximum atomic E-state index is 6.59. The average molecular weight is 729 g/mol. The van der Waals surface area contributed by atoms with E-state index in [4.69, 9.17) is 14.4 Å². The number of para-hydroxylation sites is 5. The van der Waals surface area contributed by atoms with Crippen molar-refractivity contribution in [2.75, 3.05) is 0 Å². The van der Waals surface area contributed by atoms with Crippen molar-refractivity contribution in [1.29, 1.82) is 0 Å². The summed E-state index contributed by atoms with van der Waals surface area (Å²) >= 11 is 0. The number of nitrogens with zero attached hydrogens (tertiary/aromatic N) is 4. The highest BCUT2D eigenvalue weighted by atomic mass is 16.3. The number of aromatic nitrogens is 4. The van der Waals surface area contributed by atoms with E-state index in [9.17, 15) is 0 Å². The van der Waals surface area contributed by atoms with E-state index in [2.05, 4.69) is 185 Å². The van der Waals surface area contributed by atoms with Gasteiger partial charge in [-0.05, 0) is 71.8 Å². The molecule has 266 valence electrons. The van der Waals surface area contributed by atoms with E-state index >= 15 is 0 Å². The van der Waals surface area contributed by atoms with Crippen LogP contribution in [0.3, 0.4) is 0 Å². The second kappa shape index (κ2) is 12.4. The molecule has 0 unspecified atom stereocenters. The molecule has 0 bridgehead atoms. The molecule has 0 atom stereocenters. The standard InChI is InChI=1S/C52H32N4O/c1-3-15-33(16-4-1)34-17-13-18-35(31-34)42-32-43(39-25-14-24-38-37-21-9-12-28-48(37)57-51(38)39)54-52(53-42)56-45-27-11-8-23-41(45)50-47(56)30-29-46-49(50)40-22-7-10-26-44(40)55(46)36-19-5-2-6-20-36/h1-32H. The number of benzene rings is 8. The topological polar surface area (TPSA) is 48.8 Å². The molecule has 0 spiro atoms. The van der Waals surface area contributed by atoms with Crippen LogP contribution >= 0.6 is 0 Å². The molecule has 5 nitrogen and oxygen atoms in total. The SMILES string of the molecule is c1ccc(-c2cccc(-c3cc(-c4cccc5c4oc4ccccc45)nc(-n4c5ccccc5c5c6c7ccccc7n(-c7ccccc7)c6ccc54)n3)c2)cc1. The molecule has 0 saturated carbocycles. The largest absolute Gasteiger partial charge is 0.455 e. The van der Waals surface area contributed by atoms with Gasteiger partial charge in [0, 0.05) is 49.1 Å². The van der Waals surface area contributed by atoms with Gasteiger partial charge in [0.2, 0.25) is 5.95 Å². The van der Waals surface area contributed by atoms with E-state index in [1.807, 2.05) is 18.2 Å². The molecule has 0 aliphatic rings. The van der Waals surface area contributed by atoms with Gasteiger partial charge >= 0.3 is 0 Å². The van der Waals surface area contributed by atoms with Crippen LogP contribution < -0.4 is 0 Å². The van der Waals surface area contributed by atoms with Gasteiger partial charge in [-0.25, -0.2) is 9.97 Å². The molecule has 0 aliphatic carbocycles. The first kappa shape index (κ1) is 31.6. The van der Waals surface area contributed by atoms with E-state index in [1.165, 1.54) is 21.7 Å². The zero-order chi connectivity index (χ0) is 37.5. The highest BCUT2D eigenvalue weighted by Gasteiger charge is 2.23. The Morgan fingerprint density at radius 2 is 0.930 bits per heavy atom. The van der Waals surface area contributed by atoms with Crippen molar-refractivity contribution in [2.24, 2.45) is 0 Å². The van der Waals surface area contributed by atoms with Gasteiger partial charge in [-0.1, -0.05) is 133 Å². The first-order valence-corrected chi connectivity index (χ1v) is 19.3. The first-order chi connectivity index (χ1) is 28.3. The van der Waals surface area contributed by atoms with Gasteiger partial charge in [0.1, 0.15) is 11.2 Å². The predicted molar refractivity (Wildman–Crippen MR) is 234 cm³/mol. The van der Waals surface area contributed by atoms with Crippen LogP contribution in [-0.4, -0.2) is 19.1 Å². The molecular weight excluding hydrogens is 697 g/mol. The zero-order valence-electron chi connectivity index (χ0n) is 30.7. The second-order valence-corrected chi connectivity index (χ2v) is 14.6. The number of rotatable bonds is 5. The lowest BCUT2D eigenvalue weighted by Gasteiger charge is -2.13. The Morgan fingerprint density at radius 3 is 1.70 bits per heavy atom. The Balaban J connectivity index is 1.17. The maximum Gasteiger partial charge on any atom is 0.235 e. The van der Waals surface area contributed by atoms with Gasteiger partial charge in [-0.2, -0.15) is 0 Å². The normalized spacial score (nSPS) is 11.9. The van der Waals surface area contributed by atoms with Crippen LogP contribution in [0.5, 0.6) is 0 Å². The molecule has 0 fully saturated rings. The second-order valence-electron chi connectivity index (χ2n) is 14.6. The van der Waals surface area contributed by atoms with Crippen molar-refractivity contribution in [2.45, 2.75) is 0 Å². The third kappa shape index (κ3) is 4.82. The minimum atomic E-state index is 0.595. The summed E-state index contributed by atoms with van der Waals surface area (Å²) in [5.41, 5.74) is 13.0. The van der Waals surface area contributed by atoms with Gasteiger partial charge in [0.25, 0.3) is 0 Å². The number of hydrogen-bond donors (Lipinski definition) is 0. The molecule has 0 amide bonds. The van der Waals surface area contributed by atoms with E-state index in [1.54, 1.807) is 0 Å². The molecule has 12 rings (SSSR count). The Bertz CT molecular complexity index is 3520. The Kier molecular flexibility index (Phi) is 6.86. The lowest BCUT2D eigenvalue weighted by atomic mass is 10.0. The first-order valence-electron chi connectivity index (χ1n) is 19.3. The lowest BCUT2D eigenvalue weighted by molar-refractivity contribution is 0.670. The smallest absolute Gasteiger partial charge is 0.235 e. The van der Waals surface area contributed by atoms with Crippen LogP contribution in [0.1, 0.15) is 0 Å². The van der Waals surface area contributed by atoms with Crippen LogP contribution in [0, 0.1) is 0 Å². The van der Waals surface area contributed by atoms with Crippen molar-refractivity contribution in [3.8, 4) is 45.3 Å². The summed E-state index contributed by atoms with van der Waals surface area (Å²) in [5, 5.41) is 6.88. The zero-order valence-corrected chi connectivity index (χ0v) is 30.7. The monoisotopic (exact) mass is 728 g/mol. The quantitative estimate of drug-likeness (QED) is 0.177. The summed E-state index contributed by atoms with van der Waals surface area (Å²) in [6, 6.07) is 68.2. The minimum Gasteiger partial charge on any atom is -0.455 e. The van der Waals surface area contributed by atoms with Gasteiger partial charge < -0.3 is 8.98 Å². The molecule has 0 saturated heterocycles. The van der Waals surface area contributed by atoms with Crippen molar-refractivity contribution in [3.05, 3.63) is 194 Å². The summed E-state index contributed by atoms with van der Waals surface area (Å²) < 4.78 is 11.2. The summed E-state index contributed by atoms with van der Waals surface area (Å²) in [4.78, 5) is 10.9. The van der Waals surface area contributed by atoms with Crippen LogP contribution in [0.15, 0.2) is 199 Å². The highest BCUT2D eigenvalue weighted by Crippen LogP contribution is 2.43. The third-order valence-corrected chi connectivity index (χ3v) is 11.3. The lowest BCUT2D eigenvalue weighted by Crippen LogP contribution is -2.04. The maximum absolute atomic E-state index is 6.59. The fourth-order valence-corrected chi connectivity index (χ4v) is 8.85. The third-order valence-electron chi connectivity index (χ3n) is 11.3. The number of fused-ring (bicyclic) bond motifs is 10. The molecule has 5 heteroatoms. The molecule has 8 aromatic carbocycles.